The molecule has 0 spiro atoms. The molecule has 4 rings (SSSR count). The maximum Gasteiger partial charge on any atom is 0.307 e. The molecule has 2 heterocycles. The number of hydrogen-bond acceptors (Lipinski definition) is 5. The van der Waals surface area contributed by atoms with Crippen LogP contribution in [0.3, 0.4) is 0 Å². The summed E-state index contributed by atoms with van der Waals surface area (Å²) < 4.78 is 1.83. The van der Waals surface area contributed by atoms with Crippen LogP contribution in [0.5, 0.6) is 0 Å². The third kappa shape index (κ3) is 1.49. The summed E-state index contributed by atoms with van der Waals surface area (Å²) in [5.41, 5.74) is -0.217. The largest absolute Gasteiger partial charge is 0.481 e. The van der Waals surface area contributed by atoms with E-state index in [4.69, 9.17) is 0 Å². The fourth-order valence-corrected chi connectivity index (χ4v) is 4.43. The summed E-state index contributed by atoms with van der Waals surface area (Å²) in [6.45, 7) is 3.98. The van der Waals surface area contributed by atoms with Gasteiger partial charge in [-0.3, -0.25) is 4.79 Å². The van der Waals surface area contributed by atoms with E-state index in [1.54, 1.807) is 0 Å². The molecule has 2 saturated carbocycles. The first-order valence-corrected chi connectivity index (χ1v) is 7.76. The summed E-state index contributed by atoms with van der Waals surface area (Å²) in [7, 11) is 0. The third-order valence-corrected chi connectivity index (χ3v) is 5.84. The summed E-state index contributed by atoms with van der Waals surface area (Å²) in [6, 6.07) is 0. The Balaban J connectivity index is 1.72. The molecular formula is C13H16N4O2S. The van der Waals surface area contributed by atoms with E-state index in [1.165, 1.54) is 17.8 Å². The van der Waals surface area contributed by atoms with Gasteiger partial charge in [0.05, 0.1) is 5.92 Å². The first-order valence-electron chi connectivity index (χ1n) is 6.95. The lowest BCUT2D eigenvalue weighted by molar-refractivity contribution is -0.139. The summed E-state index contributed by atoms with van der Waals surface area (Å²) >= 11 is 1.48. The van der Waals surface area contributed by atoms with Crippen LogP contribution in [0.2, 0.25) is 0 Å². The molecule has 2 aliphatic rings. The monoisotopic (exact) mass is 292 g/mol. The van der Waals surface area contributed by atoms with E-state index in [2.05, 4.69) is 15.3 Å². The average molecular weight is 292 g/mol. The molecule has 2 aliphatic carbocycles. The van der Waals surface area contributed by atoms with E-state index < -0.39 is 5.97 Å². The molecule has 2 atom stereocenters. The predicted molar refractivity (Wildman–Crippen MR) is 72.9 cm³/mol. The Bertz CT molecular complexity index is 700. The van der Waals surface area contributed by atoms with Gasteiger partial charge >= 0.3 is 5.97 Å². The molecule has 0 bridgehead atoms. The molecule has 0 aliphatic heterocycles. The zero-order valence-electron chi connectivity index (χ0n) is 11.4. The molecule has 6 nitrogen and oxygen atoms in total. The normalized spacial score (nSPS) is 28.5. The molecule has 0 aromatic carbocycles. The lowest BCUT2D eigenvalue weighted by Gasteiger charge is -2.22. The van der Waals surface area contributed by atoms with Crippen LogP contribution in [-0.2, 0) is 4.79 Å². The van der Waals surface area contributed by atoms with Gasteiger partial charge in [-0.1, -0.05) is 31.6 Å². The van der Waals surface area contributed by atoms with Gasteiger partial charge in [0.15, 0.2) is 5.82 Å². The van der Waals surface area contributed by atoms with E-state index in [0.717, 1.165) is 28.6 Å². The minimum Gasteiger partial charge on any atom is -0.481 e. The molecule has 106 valence electrons. The van der Waals surface area contributed by atoms with Crippen LogP contribution in [0.25, 0.3) is 4.96 Å². The molecule has 2 unspecified atom stereocenters. The molecule has 2 aromatic rings. The Morgan fingerprint density at radius 2 is 2.15 bits per heavy atom. The summed E-state index contributed by atoms with van der Waals surface area (Å²) in [4.78, 5) is 12.1. The number of fused-ring (bicyclic) bond motifs is 1. The molecular weight excluding hydrogens is 276 g/mol. The maximum absolute atomic E-state index is 11.3. The molecule has 7 heteroatoms. The van der Waals surface area contributed by atoms with Crippen molar-refractivity contribution in [3.63, 3.8) is 0 Å². The Morgan fingerprint density at radius 1 is 1.40 bits per heavy atom. The fraction of sp³-hybridized carbons (Fsp3) is 0.692. The Kier molecular flexibility index (Phi) is 2.32. The number of carboxylic acids is 1. The fourth-order valence-electron chi connectivity index (χ4n) is 3.25. The van der Waals surface area contributed by atoms with Gasteiger partial charge in [0.25, 0.3) is 0 Å². The van der Waals surface area contributed by atoms with Crippen LogP contribution in [-0.4, -0.2) is 30.9 Å². The summed E-state index contributed by atoms with van der Waals surface area (Å²) in [6.07, 6.45) is 3.55. The smallest absolute Gasteiger partial charge is 0.307 e. The van der Waals surface area contributed by atoms with Crippen molar-refractivity contribution in [2.24, 2.45) is 11.3 Å². The summed E-state index contributed by atoms with van der Waals surface area (Å²) in [5, 5.41) is 23.2. The van der Waals surface area contributed by atoms with Crippen molar-refractivity contribution in [1.29, 1.82) is 0 Å². The molecule has 1 N–H and O–H groups in total. The highest BCUT2D eigenvalue weighted by Gasteiger charge is 2.64. The average Bonchev–Trinajstić information content (AvgIpc) is 2.62. The van der Waals surface area contributed by atoms with E-state index >= 15 is 0 Å². The van der Waals surface area contributed by atoms with E-state index in [-0.39, 0.29) is 17.3 Å². The van der Waals surface area contributed by atoms with E-state index in [9.17, 15) is 9.90 Å². The predicted octanol–water partition coefficient (Wildman–Crippen LogP) is 2.28. The van der Waals surface area contributed by atoms with Crippen LogP contribution in [0, 0.1) is 11.3 Å². The lowest BCUT2D eigenvalue weighted by Crippen LogP contribution is -2.13. The van der Waals surface area contributed by atoms with Gasteiger partial charge < -0.3 is 5.11 Å². The number of aromatic nitrogens is 4. The highest BCUT2D eigenvalue weighted by atomic mass is 32.1. The van der Waals surface area contributed by atoms with Crippen LogP contribution < -0.4 is 0 Å². The van der Waals surface area contributed by atoms with Gasteiger partial charge in [-0.05, 0) is 18.3 Å². The van der Waals surface area contributed by atoms with Crippen molar-refractivity contribution in [2.45, 2.75) is 44.9 Å². The van der Waals surface area contributed by atoms with Crippen LogP contribution in [0.15, 0.2) is 0 Å². The molecule has 0 radical (unpaired) electrons. The molecule has 0 amide bonds. The Labute approximate surface area is 119 Å². The number of carboxylic acid groups (broad SMARTS) is 1. The second-order valence-corrected chi connectivity index (χ2v) is 7.42. The lowest BCUT2D eigenvalue weighted by atomic mass is 9.85. The highest BCUT2D eigenvalue weighted by Crippen LogP contribution is 2.64. The van der Waals surface area contributed by atoms with Gasteiger partial charge in [0, 0.05) is 11.8 Å². The quantitative estimate of drug-likeness (QED) is 0.938. The molecule has 0 saturated heterocycles. The second kappa shape index (κ2) is 3.78. The van der Waals surface area contributed by atoms with Crippen molar-refractivity contribution < 1.29 is 9.90 Å². The highest BCUT2D eigenvalue weighted by molar-refractivity contribution is 7.16. The van der Waals surface area contributed by atoms with Crippen LogP contribution in [0.4, 0.5) is 0 Å². The van der Waals surface area contributed by atoms with E-state index in [1.807, 2.05) is 18.4 Å². The van der Waals surface area contributed by atoms with Gasteiger partial charge in [0.2, 0.25) is 4.96 Å². The maximum atomic E-state index is 11.3. The number of nitrogens with zero attached hydrogens (tertiary/aromatic N) is 4. The van der Waals surface area contributed by atoms with Gasteiger partial charge in [-0.15, -0.1) is 10.2 Å². The minimum absolute atomic E-state index is 0.000871. The number of carbonyl (C=O) groups is 1. The minimum atomic E-state index is -0.731. The van der Waals surface area contributed by atoms with Crippen molar-refractivity contribution in [3.05, 3.63) is 10.8 Å². The van der Waals surface area contributed by atoms with Crippen molar-refractivity contribution >= 4 is 22.3 Å². The number of hydrogen-bond donors (Lipinski definition) is 1. The zero-order chi connectivity index (χ0) is 14.1. The van der Waals surface area contributed by atoms with Gasteiger partial charge in [-0.2, -0.15) is 9.61 Å². The SMILES string of the molecule is CC1(C)C(C(=O)O)C1c1nn2c(C3CCC3)nnc2s1. The van der Waals surface area contributed by atoms with E-state index in [0.29, 0.717) is 5.92 Å². The molecule has 20 heavy (non-hydrogen) atoms. The van der Waals surface area contributed by atoms with Crippen molar-refractivity contribution in [2.75, 3.05) is 0 Å². The first-order chi connectivity index (χ1) is 9.50. The Hall–Kier alpha value is -1.50. The summed E-state index contributed by atoms with van der Waals surface area (Å²) in [5.74, 6) is 0.353. The first kappa shape index (κ1) is 12.3. The number of rotatable bonds is 3. The molecule has 2 fully saturated rings. The standard InChI is InChI=1S/C13H16N4O2S/c1-13(2)7(8(13)11(18)19)10-16-17-9(6-4-3-5-6)14-15-12(17)20-10/h6-8H,3-5H2,1-2H3,(H,18,19). The third-order valence-electron chi connectivity index (χ3n) is 4.86. The van der Waals surface area contributed by atoms with Crippen LogP contribution >= 0.6 is 11.3 Å². The van der Waals surface area contributed by atoms with Crippen molar-refractivity contribution in [1.82, 2.24) is 19.8 Å². The topological polar surface area (TPSA) is 80.4 Å². The Morgan fingerprint density at radius 3 is 2.70 bits per heavy atom. The van der Waals surface area contributed by atoms with Gasteiger partial charge in [-0.25, -0.2) is 0 Å². The zero-order valence-corrected chi connectivity index (χ0v) is 12.2. The van der Waals surface area contributed by atoms with Crippen LogP contribution in [0.1, 0.15) is 55.8 Å². The number of aliphatic carboxylic acids is 1. The van der Waals surface area contributed by atoms with Gasteiger partial charge in [0.1, 0.15) is 5.01 Å². The van der Waals surface area contributed by atoms with Crippen molar-refractivity contribution in [3.8, 4) is 0 Å². The second-order valence-electron chi connectivity index (χ2n) is 6.44. The molecule has 2 aromatic heterocycles.